The first-order valence-corrected chi connectivity index (χ1v) is 8.25. The molecular formula is C15H15N3O5S. The van der Waals surface area contributed by atoms with Gasteiger partial charge in [-0.1, -0.05) is 0 Å². The molecule has 0 saturated heterocycles. The minimum absolute atomic E-state index is 0.0103. The highest BCUT2D eigenvalue weighted by Gasteiger charge is 2.16. The van der Waals surface area contributed by atoms with E-state index >= 15 is 0 Å². The maximum absolute atomic E-state index is 12.3. The van der Waals surface area contributed by atoms with Crippen molar-refractivity contribution in [3.8, 4) is 0 Å². The molecule has 0 aliphatic heterocycles. The number of benzene rings is 1. The van der Waals surface area contributed by atoms with Gasteiger partial charge in [0.2, 0.25) is 5.91 Å². The second kappa shape index (κ2) is 7.09. The number of methoxy groups -OCH3 is 1. The number of hydrogen-bond acceptors (Lipinski definition) is 6. The normalized spacial score (nSPS) is 10.8. The predicted molar refractivity (Wildman–Crippen MR) is 87.1 cm³/mol. The van der Waals surface area contributed by atoms with Crippen molar-refractivity contribution in [2.24, 2.45) is 0 Å². The van der Waals surface area contributed by atoms with Gasteiger partial charge in [0.1, 0.15) is 5.82 Å². The van der Waals surface area contributed by atoms with E-state index in [9.17, 15) is 18.0 Å². The first-order valence-electron chi connectivity index (χ1n) is 6.76. The maximum Gasteiger partial charge on any atom is 0.338 e. The van der Waals surface area contributed by atoms with E-state index in [1.807, 2.05) is 0 Å². The average molecular weight is 349 g/mol. The van der Waals surface area contributed by atoms with Crippen molar-refractivity contribution in [2.45, 2.75) is 11.8 Å². The smallest absolute Gasteiger partial charge is 0.338 e. The van der Waals surface area contributed by atoms with Gasteiger partial charge in [0, 0.05) is 18.8 Å². The van der Waals surface area contributed by atoms with Crippen molar-refractivity contribution < 1.29 is 22.7 Å². The van der Waals surface area contributed by atoms with Gasteiger partial charge in [0.05, 0.1) is 17.6 Å². The van der Waals surface area contributed by atoms with Crippen LogP contribution in [-0.4, -0.2) is 32.4 Å². The van der Waals surface area contributed by atoms with Crippen molar-refractivity contribution >= 4 is 33.4 Å². The number of hydrogen-bond donors (Lipinski definition) is 2. The standard InChI is InChI=1S/C15H15N3O5S/c1-10(19)17-12-3-5-13(6-4-12)24(21,22)18-14-9-11(7-8-16-14)15(20)23-2/h3-9H,1-2H3,(H,16,18)(H,17,19). The third-order valence-corrected chi connectivity index (χ3v) is 4.28. The molecule has 1 aromatic carbocycles. The van der Waals surface area contributed by atoms with Gasteiger partial charge in [0.15, 0.2) is 0 Å². The summed E-state index contributed by atoms with van der Waals surface area (Å²) < 4.78 is 31.5. The van der Waals surface area contributed by atoms with Crippen LogP contribution in [0.2, 0.25) is 0 Å². The van der Waals surface area contributed by atoms with E-state index in [-0.39, 0.29) is 22.2 Å². The number of nitrogens with zero attached hydrogens (tertiary/aromatic N) is 1. The number of nitrogens with one attached hydrogen (secondary N) is 2. The number of ether oxygens (including phenoxy) is 1. The minimum Gasteiger partial charge on any atom is -0.465 e. The Labute approximate surface area is 138 Å². The molecule has 0 radical (unpaired) electrons. The molecular weight excluding hydrogens is 334 g/mol. The first-order chi connectivity index (χ1) is 11.3. The summed E-state index contributed by atoms with van der Waals surface area (Å²) >= 11 is 0. The van der Waals surface area contributed by atoms with Crippen LogP contribution >= 0.6 is 0 Å². The quantitative estimate of drug-likeness (QED) is 0.793. The fraction of sp³-hybridized carbons (Fsp3) is 0.133. The predicted octanol–water partition coefficient (Wildman–Crippen LogP) is 1.63. The number of anilines is 2. The van der Waals surface area contributed by atoms with Crippen LogP contribution in [0.4, 0.5) is 11.5 Å². The second-order valence-electron chi connectivity index (χ2n) is 4.73. The lowest BCUT2D eigenvalue weighted by Crippen LogP contribution is -2.15. The molecule has 24 heavy (non-hydrogen) atoms. The molecule has 0 unspecified atom stereocenters. The van der Waals surface area contributed by atoms with Gasteiger partial charge in [-0.3, -0.25) is 9.52 Å². The molecule has 126 valence electrons. The van der Waals surface area contributed by atoms with Crippen LogP contribution in [0, 0.1) is 0 Å². The summed E-state index contributed by atoms with van der Waals surface area (Å²) in [6.07, 6.45) is 1.30. The Balaban J connectivity index is 2.22. The molecule has 2 rings (SSSR count). The molecule has 9 heteroatoms. The number of carbonyl (C=O) groups excluding carboxylic acids is 2. The Kier molecular flexibility index (Phi) is 5.14. The average Bonchev–Trinajstić information content (AvgIpc) is 2.54. The van der Waals surface area contributed by atoms with E-state index in [0.29, 0.717) is 5.69 Å². The third kappa shape index (κ3) is 4.29. The molecule has 0 fully saturated rings. The topological polar surface area (TPSA) is 114 Å². The molecule has 0 spiro atoms. The van der Waals surface area contributed by atoms with Crippen molar-refractivity contribution in [2.75, 3.05) is 17.1 Å². The number of carbonyl (C=O) groups is 2. The monoisotopic (exact) mass is 349 g/mol. The molecule has 0 saturated carbocycles. The molecule has 0 bridgehead atoms. The largest absolute Gasteiger partial charge is 0.465 e. The number of rotatable bonds is 5. The highest BCUT2D eigenvalue weighted by Crippen LogP contribution is 2.18. The molecule has 0 atom stereocenters. The van der Waals surface area contributed by atoms with Gasteiger partial charge < -0.3 is 10.1 Å². The molecule has 1 heterocycles. The highest BCUT2D eigenvalue weighted by molar-refractivity contribution is 7.92. The maximum atomic E-state index is 12.3. The van der Waals surface area contributed by atoms with Crippen LogP contribution in [0.3, 0.4) is 0 Å². The zero-order chi connectivity index (χ0) is 17.7. The van der Waals surface area contributed by atoms with Crippen LogP contribution < -0.4 is 10.0 Å². The van der Waals surface area contributed by atoms with Gasteiger partial charge in [-0.2, -0.15) is 0 Å². The van der Waals surface area contributed by atoms with E-state index in [4.69, 9.17) is 0 Å². The molecule has 0 aliphatic carbocycles. The Morgan fingerprint density at radius 3 is 2.38 bits per heavy atom. The number of pyridine rings is 1. The van der Waals surface area contributed by atoms with Crippen LogP contribution in [-0.2, 0) is 19.6 Å². The molecule has 2 N–H and O–H groups in total. The number of esters is 1. The Morgan fingerprint density at radius 1 is 1.12 bits per heavy atom. The van der Waals surface area contributed by atoms with E-state index in [0.717, 1.165) is 0 Å². The summed E-state index contributed by atoms with van der Waals surface area (Å²) in [6.45, 7) is 1.35. The first kappa shape index (κ1) is 17.4. The second-order valence-corrected chi connectivity index (χ2v) is 6.41. The van der Waals surface area contributed by atoms with E-state index < -0.39 is 16.0 Å². The summed E-state index contributed by atoms with van der Waals surface area (Å²) in [5, 5.41) is 2.54. The molecule has 2 aromatic rings. The number of amides is 1. The summed E-state index contributed by atoms with van der Waals surface area (Å²) in [5.74, 6) is -0.867. The zero-order valence-corrected chi connectivity index (χ0v) is 13.8. The third-order valence-electron chi connectivity index (χ3n) is 2.90. The molecule has 0 aliphatic rings. The van der Waals surface area contributed by atoms with Crippen molar-refractivity contribution in [3.05, 3.63) is 48.2 Å². The van der Waals surface area contributed by atoms with E-state index in [1.165, 1.54) is 56.6 Å². The summed E-state index contributed by atoms with van der Waals surface area (Å²) in [4.78, 5) is 26.3. The van der Waals surface area contributed by atoms with E-state index in [2.05, 4.69) is 19.8 Å². The van der Waals surface area contributed by atoms with Crippen LogP contribution in [0.1, 0.15) is 17.3 Å². The fourth-order valence-corrected chi connectivity index (χ4v) is 2.85. The lowest BCUT2D eigenvalue weighted by Gasteiger charge is -2.09. The minimum atomic E-state index is -3.89. The summed E-state index contributed by atoms with van der Waals surface area (Å²) in [7, 11) is -2.66. The van der Waals surface area contributed by atoms with Gasteiger partial charge in [-0.15, -0.1) is 0 Å². The Hall–Kier alpha value is -2.94. The van der Waals surface area contributed by atoms with E-state index in [1.54, 1.807) is 0 Å². The molecule has 1 aromatic heterocycles. The SMILES string of the molecule is COC(=O)c1ccnc(NS(=O)(=O)c2ccc(NC(C)=O)cc2)c1. The van der Waals surface area contributed by atoms with Crippen molar-refractivity contribution in [1.82, 2.24) is 4.98 Å². The molecule has 8 nitrogen and oxygen atoms in total. The lowest BCUT2D eigenvalue weighted by molar-refractivity contribution is -0.114. The summed E-state index contributed by atoms with van der Waals surface area (Å²) in [6, 6.07) is 8.30. The number of aromatic nitrogens is 1. The summed E-state index contributed by atoms with van der Waals surface area (Å²) in [5.41, 5.74) is 0.651. The van der Waals surface area contributed by atoms with Gasteiger partial charge in [-0.05, 0) is 36.4 Å². The number of sulfonamides is 1. The Morgan fingerprint density at radius 2 is 1.79 bits per heavy atom. The van der Waals surface area contributed by atoms with Crippen molar-refractivity contribution in [1.29, 1.82) is 0 Å². The fourth-order valence-electron chi connectivity index (χ4n) is 1.85. The Bertz CT molecular complexity index is 863. The van der Waals surface area contributed by atoms with Crippen LogP contribution in [0.25, 0.3) is 0 Å². The van der Waals surface area contributed by atoms with Gasteiger partial charge in [0.25, 0.3) is 10.0 Å². The highest BCUT2D eigenvalue weighted by atomic mass is 32.2. The van der Waals surface area contributed by atoms with Crippen molar-refractivity contribution in [3.63, 3.8) is 0 Å². The molecule has 1 amide bonds. The van der Waals surface area contributed by atoms with Crippen LogP contribution in [0.5, 0.6) is 0 Å². The lowest BCUT2D eigenvalue weighted by atomic mass is 10.3. The van der Waals surface area contributed by atoms with Crippen LogP contribution in [0.15, 0.2) is 47.5 Å². The van der Waals surface area contributed by atoms with Gasteiger partial charge >= 0.3 is 5.97 Å². The zero-order valence-electron chi connectivity index (χ0n) is 12.9. The van der Waals surface area contributed by atoms with Gasteiger partial charge in [-0.25, -0.2) is 18.2 Å².